The lowest BCUT2D eigenvalue weighted by atomic mass is 9.53. The summed E-state index contributed by atoms with van der Waals surface area (Å²) in [6, 6.07) is 0.223. The number of nitrogens with one attached hydrogen (secondary N) is 2. The van der Waals surface area contributed by atoms with Crippen LogP contribution in [0.3, 0.4) is 0 Å². The smallest absolute Gasteiger partial charge is 0.315 e. The van der Waals surface area contributed by atoms with Gasteiger partial charge in [-0.3, -0.25) is 4.79 Å². The summed E-state index contributed by atoms with van der Waals surface area (Å²) >= 11 is 0. The lowest BCUT2D eigenvalue weighted by molar-refractivity contribution is -0.135. The van der Waals surface area contributed by atoms with E-state index >= 15 is 0 Å². The molecule has 140 valence electrons. The highest BCUT2D eigenvalue weighted by Gasteiger charge is 2.51. The molecule has 0 aromatic heterocycles. The summed E-state index contributed by atoms with van der Waals surface area (Å²) in [6.07, 6.45) is 9.48. The Balaban J connectivity index is 1.27. The number of urea groups is 1. The maximum Gasteiger partial charge on any atom is 0.315 e. The van der Waals surface area contributed by atoms with Crippen molar-refractivity contribution < 1.29 is 9.59 Å². The van der Waals surface area contributed by atoms with E-state index in [-0.39, 0.29) is 29.4 Å². The number of piperidine rings is 1. The van der Waals surface area contributed by atoms with Crippen LogP contribution in [0.1, 0.15) is 65.2 Å². The van der Waals surface area contributed by atoms with E-state index in [2.05, 4.69) is 10.6 Å². The van der Waals surface area contributed by atoms with Gasteiger partial charge in [-0.2, -0.15) is 0 Å². The molecule has 5 nitrogen and oxygen atoms in total. The molecule has 5 rings (SSSR count). The first-order valence-corrected chi connectivity index (χ1v) is 10.3. The van der Waals surface area contributed by atoms with Crippen molar-refractivity contribution in [1.29, 1.82) is 0 Å². The Kier molecular flexibility index (Phi) is 4.45. The maximum atomic E-state index is 12.6. The molecule has 1 aliphatic heterocycles. The summed E-state index contributed by atoms with van der Waals surface area (Å²) in [5, 5.41) is 6.59. The fourth-order valence-corrected chi connectivity index (χ4v) is 6.34. The minimum atomic E-state index is 0.0237. The highest BCUT2D eigenvalue weighted by Crippen LogP contribution is 2.55. The van der Waals surface area contributed by atoms with E-state index in [9.17, 15) is 9.59 Å². The van der Waals surface area contributed by atoms with Gasteiger partial charge >= 0.3 is 6.03 Å². The summed E-state index contributed by atoms with van der Waals surface area (Å²) in [6.45, 7) is 5.43. The van der Waals surface area contributed by atoms with Crippen molar-refractivity contribution in [2.24, 2.45) is 23.7 Å². The summed E-state index contributed by atoms with van der Waals surface area (Å²) in [5.74, 6) is 2.82. The van der Waals surface area contributed by atoms with Crippen LogP contribution >= 0.6 is 0 Å². The van der Waals surface area contributed by atoms with E-state index in [1.165, 1.54) is 38.5 Å². The molecular weight excluding hydrogens is 314 g/mol. The van der Waals surface area contributed by atoms with Crippen LogP contribution in [0.15, 0.2) is 0 Å². The van der Waals surface area contributed by atoms with E-state index < -0.39 is 0 Å². The molecule has 4 saturated carbocycles. The Morgan fingerprint density at radius 3 is 1.96 bits per heavy atom. The van der Waals surface area contributed by atoms with Crippen LogP contribution in [0.2, 0.25) is 0 Å². The zero-order valence-electron chi connectivity index (χ0n) is 15.7. The molecule has 25 heavy (non-hydrogen) atoms. The Labute approximate surface area is 151 Å². The first-order valence-electron chi connectivity index (χ1n) is 10.3. The van der Waals surface area contributed by atoms with Crippen LogP contribution in [-0.2, 0) is 4.79 Å². The first-order chi connectivity index (χ1) is 11.9. The van der Waals surface area contributed by atoms with E-state index in [1.54, 1.807) is 0 Å². The topological polar surface area (TPSA) is 61.4 Å². The van der Waals surface area contributed by atoms with Crippen molar-refractivity contribution in [2.75, 3.05) is 13.1 Å². The molecular formula is C20H33N3O2. The zero-order chi connectivity index (χ0) is 17.6. The minimum absolute atomic E-state index is 0.0237. The van der Waals surface area contributed by atoms with Gasteiger partial charge < -0.3 is 15.5 Å². The summed E-state index contributed by atoms with van der Waals surface area (Å²) in [7, 11) is 0. The van der Waals surface area contributed by atoms with E-state index in [0.29, 0.717) is 0 Å². The molecule has 1 heterocycles. The van der Waals surface area contributed by atoms with Gasteiger partial charge in [0, 0.05) is 30.6 Å². The van der Waals surface area contributed by atoms with Crippen molar-refractivity contribution in [2.45, 2.75) is 76.8 Å². The van der Waals surface area contributed by atoms with E-state index in [0.717, 1.165) is 43.7 Å². The molecule has 5 heteroatoms. The Bertz CT molecular complexity index is 502. The van der Waals surface area contributed by atoms with Gasteiger partial charge in [-0.1, -0.05) is 13.8 Å². The lowest BCUT2D eigenvalue weighted by Gasteiger charge is -2.56. The van der Waals surface area contributed by atoms with Crippen molar-refractivity contribution in [3.63, 3.8) is 0 Å². The average Bonchev–Trinajstić information content (AvgIpc) is 2.52. The number of amides is 3. The standard InChI is InChI=1S/C20H33N3O2/c1-13(2)18(24)23-5-3-17(4-6-23)21-19(25)22-20-10-14-7-15(11-20)9-16(8-14)12-20/h13-17H,3-12H2,1-2H3,(H2,21,22,25). The number of carbonyl (C=O) groups is 2. The van der Waals surface area contributed by atoms with Gasteiger partial charge in [0.15, 0.2) is 0 Å². The molecule has 3 amide bonds. The van der Waals surface area contributed by atoms with Crippen LogP contribution in [0.25, 0.3) is 0 Å². The summed E-state index contributed by atoms with van der Waals surface area (Å²) < 4.78 is 0. The molecule has 0 atom stereocenters. The molecule has 1 saturated heterocycles. The molecule has 4 aliphatic carbocycles. The van der Waals surface area contributed by atoms with Crippen LogP contribution in [0.4, 0.5) is 4.79 Å². The Hall–Kier alpha value is -1.26. The summed E-state index contributed by atoms with van der Waals surface area (Å²) in [4.78, 5) is 26.6. The zero-order valence-corrected chi connectivity index (χ0v) is 15.7. The van der Waals surface area contributed by atoms with Crippen molar-refractivity contribution in [1.82, 2.24) is 15.5 Å². The largest absolute Gasteiger partial charge is 0.342 e. The van der Waals surface area contributed by atoms with E-state index in [4.69, 9.17) is 0 Å². The third-order valence-electron chi connectivity index (χ3n) is 7.05. The third kappa shape index (κ3) is 3.52. The van der Waals surface area contributed by atoms with Gasteiger partial charge in [-0.05, 0) is 69.1 Å². The fraction of sp³-hybridized carbons (Fsp3) is 0.900. The van der Waals surface area contributed by atoms with Crippen LogP contribution in [-0.4, -0.2) is 41.5 Å². The third-order valence-corrected chi connectivity index (χ3v) is 7.05. The molecule has 0 spiro atoms. The second-order valence-corrected chi connectivity index (χ2v) is 9.55. The molecule has 4 bridgehead atoms. The van der Waals surface area contributed by atoms with Crippen LogP contribution in [0, 0.1) is 23.7 Å². The molecule has 0 aromatic rings. The Morgan fingerprint density at radius 1 is 0.960 bits per heavy atom. The molecule has 5 fully saturated rings. The first kappa shape index (κ1) is 17.2. The monoisotopic (exact) mass is 347 g/mol. The molecule has 0 aromatic carbocycles. The minimum Gasteiger partial charge on any atom is -0.342 e. The van der Waals surface area contributed by atoms with Crippen molar-refractivity contribution in [3.8, 4) is 0 Å². The van der Waals surface area contributed by atoms with Gasteiger partial charge in [0.25, 0.3) is 0 Å². The molecule has 0 radical (unpaired) electrons. The highest BCUT2D eigenvalue weighted by atomic mass is 16.2. The number of likely N-dealkylation sites (tertiary alicyclic amines) is 1. The van der Waals surface area contributed by atoms with Gasteiger partial charge in [-0.25, -0.2) is 4.79 Å². The average molecular weight is 348 g/mol. The SMILES string of the molecule is CC(C)C(=O)N1CCC(NC(=O)NC23CC4CC(CC(C4)C2)C3)CC1. The van der Waals surface area contributed by atoms with Gasteiger partial charge in [0.05, 0.1) is 0 Å². The second-order valence-electron chi connectivity index (χ2n) is 9.55. The molecule has 2 N–H and O–H groups in total. The second kappa shape index (κ2) is 6.48. The van der Waals surface area contributed by atoms with Crippen molar-refractivity contribution >= 4 is 11.9 Å². The van der Waals surface area contributed by atoms with E-state index in [1.807, 2.05) is 18.7 Å². The van der Waals surface area contributed by atoms with Crippen LogP contribution < -0.4 is 10.6 Å². The Morgan fingerprint density at radius 2 is 1.48 bits per heavy atom. The lowest BCUT2D eigenvalue weighted by Crippen LogP contribution is -2.62. The van der Waals surface area contributed by atoms with Gasteiger partial charge in [0.2, 0.25) is 5.91 Å². The molecule has 5 aliphatic rings. The normalized spacial score (nSPS) is 37.4. The summed E-state index contributed by atoms with van der Waals surface area (Å²) in [5.41, 5.74) is 0.0765. The predicted molar refractivity (Wildman–Crippen MR) is 97.0 cm³/mol. The number of hydrogen-bond donors (Lipinski definition) is 2. The molecule has 0 unspecified atom stereocenters. The number of rotatable bonds is 3. The maximum absolute atomic E-state index is 12.6. The van der Waals surface area contributed by atoms with Crippen molar-refractivity contribution in [3.05, 3.63) is 0 Å². The number of nitrogens with zero attached hydrogens (tertiary/aromatic N) is 1. The number of carbonyl (C=O) groups excluding carboxylic acids is 2. The fourth-order valence-electron chi connectivity index (χ4n) is 6.34. The van der Waals surface area contributed by atoms with Crippen LogP contribution in [0.5, 0.6) is 0 Å². The predicted octanol–water partition coefficient (Wildman–Crippen LogP) is 2.90. The quantitative estimate of drug-likeness (QED) is 0.825. The highest BCUT2D eigenvalue weighted by molar-refractivity contribution is 5.78. The number of hydrogen-bond acceptors (Lipinski definition) is 2. The van der Waals surface area contributed by atoms with Gasteiger partial charge in [0.1, 0.15) is 0 Å². The van der Waals surface area contributed by atoms with Gasteiger partial charge in [-0.15, -0.1) is 0 Å².